The van der Waals surface area contributed by atoms with Gasteiger partial charge in [0.25, 0.3) is 11.8 Å². The van der Waals surface area contributed by atoms with Crippen molar-refractivity contribution in [1.29, 1.82) is 0 Å². The lowest BCUT2D eigenvalue weighted by Crippen LogP contribution is -2.39. The number of rotatable bonds is 3. The molecule has 0 aliphatic carbocycles. The first-order valence-electron chi connectivity index (χ1n) is 8.52. The van der Waals surface area contributed by atoms with E-state index in [9.17, 15) is 9.59 Å². The molecule has 2 N–H and O–H groups in total. The van der Waals surface area contributed by atoms with Crippen LogP contribution in [0, 0.1) is 0 Å². The van der Waals surface area contributed by atoms with E-state index in [0.717, 1.165) is 28.6 Å². The van der Waals surface area contributed by atoms with Crippen LogP contribution in [0.5, 0.6) is 0 Å². The SMILES string of the molecule is NC(=O)c1sc2ncccc2c1[C@H]1CCCN(C(=O)c2ccccn2)C1. The van der Waals surface area contributed by atoms with Crippen molar-refractivity contribution >= 4 is 33.4 Å². The summed E-state index contributed by atoms with van der Waals surface area (Å²) in [6.45, 7) is 1.24. The molecule has 4 heterocycles. The van der Waals surface area contributed by atoms with Gasteiger partial charge in [-0.15, -0.1) is 11.3 Å². The molecule has 0 bridgehead atoms. The van der Waals surface area contributed by atoms with E-state index in [-0.39, 0.29) is 11.8 Å². The minimum Gasteiger partial charge on any atom is -0.365 e. The van der Waals surface area contributed by atoms with Crippen molar-refractivity contribution in [2.75, 3.05) is 13.1 Å². The summed E-state index contributed by atoms with van der Waals surface area (Å²) in [5, 5.41) is 0.962. The number of carbonyl (C=O) groups is 2. The number of primary amides is 1. The topological polar surface area (TPSA) is 89.2 Å². The number of amides is 2. The lowest BCUT2D eigenvalue weighted by atomic mass is 9.88. The number of nitrogens with two attached hydrogens (primary N) is 1. The standard InChI is InChI=1S/C19H18N4O2S/c20-17(24)16-15(13-6-3-9-22-18(13)26-16)12-5-4-10-23(11-12)19(25)14-7-1-2-8-21-14/h1-3,6-9,12H,4-5,10-11H2,(H2,20,24)/t12-/m0/s1. The quantitative estimate of drug-likeness (QED) is 0.772. The Hall–Kier alpha value is -2.80. The van der Waals surface area contributed by atoms with E-state index in [0.29, 0.717) is 23.7 Å². The average Bonchev–Trinajstić information content (AvgIpc) is 3.08. The van der Waals surface area contributed by atoms with Gasteiger partial charge in [0.1, 0.15) is 10.5 Å². The average molecular weight is 366 g/mol. The van der Waals surface area contributed by atoms with E-state index in [2.05, 4.69) is 9.97 Å². The first-order chi connectivity index (χ1) is 12.6. The number of carbonyl (C=O) groups excluding carboxylic acids is 2. The summed E-state index contributed by atoms with van der Waals surface area (Å²) in [4.78, 5) is 36.5. The molecule has 1 atom stereocenters. The second kappa shape index (κ2) is 6.84. The van der Waals surface area contributed by atoms with E-state index in [4.69, 9.17) is 5.73 Å². The molecule has 0 spiro atoms. The monoisotopic (exact) mass is 366 g/mol. The van der Waals surface area contributed by atoms with Crippen LogP contribution >= 0.6 is 11.3 Å². The van der Waals surface area contributed by atoms with Crippen molar-refractivity contribution < 1.29 is 9.59 Å². The highest BCUT2D eigenvalue weighted by atomic mass is 32.1. The van der Waals surface area contributed by atoms with Crippen LogP contribution in [-0.4, -0.2) is 39.8 Å². The number of thiophene rings is 1. The van der Waals surface area contributed by atoms with Gasteiger partial charge >= 0.3 is 0 Å². The molecule has 0 radical (unpaired) electrons. The van der Waals surface area contributed by atoms with Gasteiger partial charge in [0.2, 0.25) is 0 Å². The van der Waals surface area contributed by atoms with Crippen LogP contribution in [0.4, 0.5) is 0 Å². The van der Waals surface area contributed by atoms with Gasteiger partial charge in [-0.25, -0.2) is 4.98 Å². The van der Waals surface area contributed by atoms with Gasteiger partial charge in [0, 0.05) is 36.8 Å². The van der Waals surface area contributed by atoms with E-state index >= 15 is 0 Å². The molecule has 4 rings (SSSR count). The number of fused-ring (bicyclic) bond motifs is 1. The number of pyridine rings is 2. The third-order valence-corrected chi connectivity index (χ3v) is 5.87. The predicted octanol–water partition coefficient (Wildman–Crippen LogP) is 2.81. The molecule has 3 aromatic heterocycles. The highest BCUT2D eigenvalue weighted by Crippen LogP contribution is 2.39. The molecule has 0 saturated carbocycles. The van der Waals surface area contributed by atoms with Crippen molar-refractivity contribution in [2.45, 2.75) is 18.8 Å². The number of hydrogen-bond donors (Lipinski definition) is 1. The first-order valence-corrected chi connectivity index (χ1v) is 9.34. The molecule has 132 valence electrons. The summed E-state index contributed by atoms with van der Waals surface area (Å²) in [6, 6.07) is 9.16. The Bertz CT molecular complexity index is 970. The maximum absolute atomic E-state index is 12.8. The second-order valence-electron chi connectivity index (χ2n) is 6.37. The number of nitrogens with zero attached hydrogens (tertiary/aromatic N) is 3. The molecule has 3 aromatic rings. The maximum atomic E-state index is 12.8. The maximum Gasteiger partial charge on any atom is 0.272 e. The molecule has 26 heavy (non-hydrogen) atoms. The Morgan fingerprint density at radius 2 is 2.00 bits per heavy atom. The summed E-state index contributed by atoms with van der Waals surface area (Å²) < 4.78 is 0. The molecule has 6 nitrogen and oxygen atoms in total. The van der Waals surface area contributed by atoms with E-state index < -0.39 is 5.91 Å². The van der Waals surface area contributed by atoms with Gasteiger partial charge in [-0.3, -0.25) is 14.6 Å². The van der Waals surface area contributed by atoms with Gasteiger partial charge in [-0.2, -0.15) is 0 Å². The zero-order chi connectivity index (χ0) is 18.1. The molecule has 1 saturated heterocycles. The second-order valence-corrected chi connectivity index (χ2v) is 7.37. The summed E-state index contributed by atoms with van der Waals surface area (Å²) in [5.41, 5.74) is 7.00. The van der Waals surface area contributed by atoms with Crippen molar-refractivity contribution in [3.8, 4) is 0 Å². The number of piperidine rings is 1. The first kappa shape index (κ1) is 16.7. The Kier molecular flexibility index (Phi) is 4.38. The Labute approximate surface area is 154 Å². The van der Waals surface area contributed by atoms with E-state index in [1.807, 2.05) is 23.1 Å². The fraction of sp³-hybridized carbons (Fsp3) is 0.263. The van der Waals surface area contributed by atoms with Gasteiger partial charge < -0.3 is 10.6 Å². The summed E-state index contributed by atoms with van der Waals surface area (Å²) >= 11 is 1.33. The molecule has 7 heteroatoms. The molecular weight excluding hydrogens is 348 g/mol. The summed E-state index contributed by atoms with van der Waals surface area (Å²) in [5.74, 6) is -0.443. The minimum atomic E-state index is -0.434. The molecule has 0 unspecified atom stereocenters. The van der Waals surface area contributed by atoms with Crippen LogP contribution < -0.4 is 5.73 Å². The van der Waals surface area contributed by atoms with Crippen LogP contribution in [-0.2, 0) is 0 Å². The molecule has 1 fully saturated rings. The highest BCUT2D eigenvalue weighted by molar-refractivity contribution is 7.20. The predicted molar refractivity (Wildman–Crippen MR) is 100 cm³/mol. The van der Waals surface area contributed by atoms with Crippen molar-refractivity contribution in [2.24, 2.45) is 5.73 Å². The lowest BCUT2D eigenvalue weighted by Gasteiger charge is -2.33. The minimum absolute atomic E-state index is 0.0665. The zero-order valence-electron chi connectivity index (χ0n) is 14.1. The van der Waals surface area contributed by atoms with Crippen LogP contribution in [0.2, 0.25) is 0 Å². The fourth-order valence-corrected chi connectivity index (χ4v) is 4.67. The number of aromatic nitrogens is 2. The fourth-order valence-electron chi connectivity index (χ4n) is 3.59. The summed E-state index contributed by atoms with van der Waals surface area (Å²) in [6.07, 6.45) is 5.12. The third-order valence-electron chi connectivity index (χ3n) is 4.73. The normalized spacial score (nSPS) is 17.4. The van der Waals surface area contributed by atoms with Crippen molar-refractivity contribution in [1.82, 2.24) is 14.9 Å². The Balaban J connectivity index is 1.68. The largest absolute Gasteiger partial charge is 0.365 e. The van der Waals surface area contributed by atoms with Crippen molar-refractivity contribution in [3.63, 3.8) is 0 Å². The van der Waals surface area contributed by atoms with Crippen LogP contribution in [0.3, 0.4) is 0 Å². The van der Waals surface area contributed by atoms with Crippen LogP contribution in [0.25, 0.3) is 10.2 Å². The Morgan fingerprint density at radius 1 is 1.15 bits per heavy atom. The van der Waals surface area contributed by atoms with Gasteiger partial charge in [0.15, 0.2) is 0 Å². The zero-order valence-corrected chi connectivity index (χ0v) is 14.9. The van der Waals surface area contributed by atoms with Gasteiger partial charge in [0.05, 0.1) is 4.88 Å². The van der Waals surface area contributed by atoms with Gasteiger partial charge in [-0.1, -0.05) is 12.1 Å². The highest BCUT2D eigenvalue weighted by Gasteiger charge is 2.30. The number of hydrogen-bond acceptors (Lipinski definition) is 5. The summed E-state index contributed by atoms with van der Waals surface area (Å²) in [7, 11) is 0. The molecule has 0 aromatic carbocycles. The lowest BCUT2D eigenvalue weighted by molar-refractivity contribution is 0.0701. The Morgan fingerprint density at radius 3 is 2.77 bits per heavy atom. The molecule has 1 aliphatic heterocycles. The van der Waals surface area contributed by atoms with Crippen LogP contribution in [0.15, 0.2) is 42.7 Å². The van der Waals surface area contributed by atoms with E-state index in [1.54, 1.807) is 24.5 Å². The molecule has 2 amide bonds. The third kappa shape index (κ3) is 2.94. The smallest absolute Gasteiger partial charge is 0.272 e. The van der Waals surface area contributed by atoms with Crippen molar-refractivity contribution in [3.05, 3.63) is 58.9 Å². The molecule has 1 aliphatic rings. The molecular formula is C19H18N4O2S. The van der Waals surface area contributed by atoms with Gasteiger partial charge in [-0.05, 0) is 36.6 Å². The van der Waals surface area contributed by atoms with E-state index in [1.165, 1.54) is 11.3 Å². The van der Waals surface area contributed by atoms with Crippen LogP contribution in [0.1, 0.15) is 44.5 Å². The number of likely N-dealkylation sites (tertiary alicyclic amines) is 1.